The van der Waals surface area contributed by atoms with E-state index in [1.807, 2.05) is 49.9 Å². The molecule has 2 aromatic heterocycles. The number of H-pyrrole nitrogens is 1. The van der Waals surface area contributed by atoms with Crippen LogP contribution in [0.25, 0.3) is 22.5 Å². The number of tetrazole rings is 1. The van der Waals surface area contributed by atoms with Gasteiger partial charge >= 0.3 is 12.2 Å². The molecule has 17 nitrogen and oxygen atoms in total. The van der Waals surface area contributed by atoms with Crippen LogP contribution < -0.4 is 20.9 Å². The molecule has 5 N–H and O–H groups in total. The topological polar surface area (TPSA) is 221 Å². The first-order valence-corrected chi connectivity index (χ1v) is 18.5. The van der Waals surface area contributed by atoms with Gasteiger partial charge in [0, 0.05) is 74.3 Å². The number of ether oxygens (including phenoxy) is 1. The van der Waals surface area contributed by atoms with Crippen molar-refractivity contribution in [2.45, 2.75) is 64.5 Å². The highest BCUT2D eigenvalue weighted by atomic mass is 16.6. The van der Waals surface area contributed by atoms with Crippen LogP contribution >= 0.6 is 0 Å². The minimum atomic E-state index is -0.931. The lowest BCUT2D eigenvalue weighted by molar-refractivity contribution is -0.130. The van der Waals surface area contributed by atoms with Crippen LogP contribution in [0.15, 0.2) is 60.9 Å². The van der Waals surface area contributed by atoms with Crippen molar-refractivity contribution in [3.63, 3.8) is 0 Å². The van der Waals surface area contributed by atoms with Gasteiger partial charge in [0.05, 0.1) is 0 Å². The molecule has 0 unspecified atom stereocenters. The minimum absolute atomic E-state index is 0.185. The number of aromatic amines is 1. The summed E-state index contributed by atoms with van der Waals surface area (Å²) in [6, 6.07) is 13.8. The third-order valence-corrected chi connectivity index (χ3v) is 9.71. The fourth-order valence-electron chi connectivity index (χ4n) is 6.73. The SMILES string of the molecule is CC(C)(C)OC(=O)NCC1CCC(C(=O)N[C@@H](Cc2cccc(-c3cnc(N4CCN(C(=O)O)CC4)nc3)c2)C(=O)Nc2ccc(-c3nn[nH]n3)cc2)CC1. The molecule has 6 rings (SSSR count). The highest BCUT2D eigenvalue weighted by molar-refractivity contribution is 5.97. The third-order valence-electron chi connectivity index (χ3n) is 9.71. The van der Waals surface area contributed by atoms with Crippen LogP contribution in [-0.4, -0.2) is 109 Å². The average molecular weight is 754 g/mol. The molecule has 0 bridgehead atoms. The van der Waals surface area contributed by atoms with Crippen molar-refractivity contribution >= 4 is 35.6 Å². The van der Waals surface area contributed by atoms with Gasteiger partial charge in [-0.25, -0.2) is 19.6 Å². The summed E-state index contributed by atoms with van der Waals surface area (Å²) in [6.07, 6.45) is 5.11. The smallest absolute Gasteiger partial charge is 0.407 e. The van der Waals surface area contributed by atoms with Crippen LogP contribution in [0.4, 0.5) is 21.2 Å². The minimum Gasteiger partial charge on any atom is -0.465 e. The number of piperazine rings is 1. The quantitative estimate of drug-likeness (QED) is 0.146. The van der Waals surface area contributed by atoms with Gasteiger partial charge < -0.3 is 35.6 Å². The van der Waals surface area contributed by atoms with Crippen LogP contribution in [0.5, 0.6) is 0 Å². The van der Waals surface area contributed by atoms with Crippen molar-refractivity contribution in [3.05, 3.63) is 66.5 Å². The van der Waals surface area contributed by atoms with Crippen molar-refractivity contribution in [1.82, 2.24) is 46.1 Å². The molecule has 2 aliphatic rings. The molecule has 1 saturated carbocycles. The number of alkyl carbamates (subject to hydrolysis) is 1. The number of hydrogen-bond acceptors (Lipinski definition) is 11. The first-order valence-electron chi connectivity index (χ1n) is 18.5. The Kier molecular flexibility index (Phi) is 12.2. The number of carboxylic acid groups (broad SMARTS) is 1. The zero-order valence-electron chi connectivity index (χ0n) is 31.2. The second-order valence-electron chi connectivity index (χ2n) is 14.9. The normalized spacial score (nSPS) is 17.9. The van der Waals surface area contributed by atoms with Crippen LogP contribution in [0.1, 0.15) is 52.0 Å². The summed E-state index contributed by atoms with van der Waals surface area (Å²) >= 11 is 0. The Hall–Kier alpha value is -6.13. The number of hydrogen-bond donors (Lipinski definition) is 5. The van der Waals surface area contributed by atoms with E-state index in [0.29, 0.717) is 63.0 Å². The van der Waals surface area contributed by atoms with Gasteiger partial charge in [0.15, 0.2) is 0 Å². The Morgan fingerprint density at radius 2 is 1.64 bits per heavy atom. The number of carbonyl (C=O) groups excluding carboxylic acids is 3. The van der Waals surface area contributed by atoms with Gasteiger partial charge in [0.1, 0.15) is 11.6 Å². The molecule has 290 valence electrons. The molecular formula is C38H47N11O6. The van der Waals surface area contributed by atoms with Gasteiger partial charge in [-0.05, 0) is 93.0 Å². The maximum Gasteiger partial charge on any atom is 0.407 e. The van der Waals surface area contributed by atoms with E-state index in [1.54, 1.807) is 36.7 Å². The predicted molar refractivity (Wildman–Crippen MR) is 203 cm³/mol. The third kappa shape index (κ3) is 10.7. The fourth-order valence-corrected chi connectivity index (χ4v) is 6.73. The van der Waals surface area contributed by atoms with Gasteiger partial charge in [0.2, 0.25) is 23.6 Å². The summed E-state index contributed by atoms with van der Waals surface area (Å²) < 4.78 is 5.35. The lowest BCUT2D eigenvalue weighted by Crippen LogP contribution is -2.48. The maximum absolute atomic E-state index is 13.9. The van der Waals surface area contributed by atoms with Crippen LogP contribution in [0, 0.1) is 11.8 Å². The molecular weight excluding hydrogens is 706 g/mol. The van der Waals surface area contributed by atoms with E-state index in [0.717, 1.165) is 35.1 Å². The Labute approximate surface area is 318 Å². The standard InChI is InChI=1S/C38H47N11O6/c1-38(2,3)55-36(52)41-21-24-7-9-27(10-8-24)33(50)43-31(34(51)42-30-13-11-26(12-14-30)32-44-46-47-45-32)20-25-5-4-6-28(19-25)29-22-39-35(40-23-29)48-15-17-49(18-16-48)37(53)54/h4-6,11-14,19,22-24,27,31H,7-10,15-18,20-21H2,1-3H3,(H,41,52)(H,42,51)(H,43,50)(H,53,54)(H,44,45,46,47)/t24?,27?,31-/m0/s1. The lowest BCUT2D eigenvalue weighted by Gasteiger charge is -2.33. The second kappa shape index (κ2) is 17.3. The van der Waals surface area contributed by atoms with Crippen molar-refractivity contribution < 1.29 is 29.0 Å². The average Bonchev–Trinajstić information content (AvgIpc) is 3.72. The monoisotopic (exact) mass is 753 g/mol. The molecule has 1 atom stereocenters. The van der Waals surface area contributed by atoms with Crippen molar-refractivity contribution in [1.29, 1.82) is 0 Å². The molecule has 0 spiro atoms. The van der Waals surface area contributed by atoms with Crippen LogP contribution in [-0.2, 0) is 20.7 Å². The van der Waals surface area contributed by atoms with E-state index >= 15 is 0 Å². The number of amides is 4. The molecule has 2 aromatic carbocycles. The fraction of sp³-hybridized carbons (Fsp3) is 0.447. The van der Waals surface area contributed by atoms with Crippen LogP contribution in [0.3, 0.4) is 0 Å². The number of anilines is 2. The highest BCUT2D eigenvalue weighted by Gasteiger charge is 2.30. The Balaban J connectivity index is 1.11. The molecule has 4 amide bonds. The summed E-state index contributed by atoms with van der Waals surface area (Å²) in [5, 5.41) is 32.1. The number of carbonyl (C=O) groups is 4. The number of benzene rings is 2. The number of nitrogens with one attached hydrogen (secondary N) is 4. The van der Waals surface area contributed by atoms with Gasteiger partial charge in [-0.3, -0.25) is 9.59 Å². The zero-order valence-corrected chi connectivity index (χ0v) is 31.2. The second-order valence-corrected chi connectivity index (χ2v) is 14.9. The number of aromatic nitrogens is 6. The molecule has 2 fully saturated rings. The lowest BCUT2D eigenvalue weighted by atomic mass is 9.81. The molecule has 1 saturated heterocycles. The van der Waals surface area contributed by atoms with E-state index in [9.17, 15) is 24.3 Å². The van der Waals surface area contributed by atoms with E-state index < -0.39 is 23.8 Å². The molecule has 4 aromatic rings. The largest absolute Gasteiger partial charge is 0.465 e. The maximum atomic E-state index is 13.9. The molecule has 1 aliphatic carbocycles. The van der Waals surface area contributed by atoms with Gasteiger partial charge in [0.25, 0.3) is 0 Å². The van der Waals surface area contributed by atoms with Gasteiger partial charge in [-0.2, -0.15) is 5.21 Å². The molecule has 3 heterocycles. The van der Waals surface area contributed by atoms with Gasteiger partial charge in [-0.1, -0.05) is 24.3 Å². The van der Waals surface area contributed by atoms with Gasteiger partial charge in [-0.15, -0.1) is 10.2 Å². The van der Waals surface area contributed by atoms with Crippen molar-refractivity contribution in [2.75, 3.05) is 42.9 Å². The molecule has 17 heteroatoms. The van der Waals surface area contributed by atoms with Crippen molar-refractivity contribution in [3.8, 4) is 22.5 Å². The first-order chi connectivity index (χ1) is 26.4. The molecule has 0 radical (unpaired) electrons. The summed E-state index contributed by atoms with van der Waals surface area (Å²) in [7, 11) is 0. The highest BCUT2D eigenvalue weighted by Crippen LogP contribution is 2.29. The number of nitrogens with zero attached hydrogens (tertiary/aromatic N) is 7. The summed E-state index contributed by atoms with van der Waals surface area (Å²) in [6.45, 7) is 7.71. The summed E-state index contributed by atoms with van der Waals surface area (Å²) in [5.41, 5.74) is 3.15. The molecule has 1 aliphatic heterocycles. The van der Waals surface area contributed by atoms with E-state index in [-0.39, 0.29) is 30.1 Å². The Bertz CT molecular complexity index is 1920. The van der Waals surface area contributed by atoms with E-state index in [2.05, 4.69) is 46.5 Å². The summed E-state index contributed by atoms with van der Waals surface area (Å²) in [5.74, 6) is 0.373. The first kappa shape index (κ1) is 38.6. The number of rotatable bonds is 11. The van der Waals surface area contributed by atoms with E-state index in [4.69, 9.17) is 4.74 Å². The van der Waals surface area contributed by atoms with E-state index in [1.165, 1.54) is 4.90 Å². The molecule has 55 heavy (non-hydrogen) atoms. The predicted octanol–water partition coefficient (Wildman–Crippen LogP) is 4.12. The Morgan fingerprint density at radius 1 is 0.927 bits per heavy atom. The zero-order chi connectivity index (χ0) is 39.0. The summed E-state index contributed by atoms with van der Waals surface area (Å²) in [4.78, 5) is 63.4. The Morgan fingerprint density at radius 3 is 2.27 bits per heavy atom. The van der Waals surface area contributed by atoms with Crippen molar-refractivity contribution in [2.24, 2.45) is 11.8 Å². The van der Waals surface area contributed by atoms with Crippen LogP contribution in [0.2, 0.25) is 0 Å².